The molecule has 3 heterocycles. The number of anilines is 1. The molecule has 0 bridgehead atoms. The highest BCUT2D eigenvalue weighted by molar-refractivity contribution is 6.03. The summed E-state index contributed by atoms with van der Waals surface area (Å²) in [7, 11) is 0. The van der Waals surface area contributed by atoms with Crippen molar-refractivity contribution in [3.8, 4) is 0 Å². The SMILES string of the molecule is CCc1ncc(NC(=O)c2n[nH]c3c2CNCC3)cn1. The molecular formula is C13H16N6O. The van der Waals surface area contributed by atoms with Crippen molar-refractivity contribution >= 4 is 11.6 Å². The van der Waals surface area contributed by atoms with E-state index in [1.165, 1.54) is 0 Å². The number of aryl methyl sites for hydroxylation is 1. The van der Waals surface area contributed by atoms with Crippen LogP contribution in [0.3, 0.4) is 0 Å². The van der Waals surface area contributed by atoms with Gasteiger partial charge in [-0.2, -0.15) is 5.10 Å². The quantitative estimate of drug-likeness (QED) is 0.763. The molecule has 0 saturated heterocycles. The minimum atomic E-state index is -0.237. The van der Waals surface area contributed by atoms with Crippen LogP contribution in [0, 0.1) is 0 Å². The van der Waals surface area contributed by atoms with Crippen LogP contribution in [0.5, 0.6) is 0 Å². The number of fused-ring (bicyclic) bond motifs is 1. The molecule has 0 aromatic carbocycles. The largest absolute Gasteiger partial charge is 0.318 e. The van der Waals surface area contributed by atoms with E-state index in [2.05, 4.69) is 30.8 Å². The molecular weight excluding hydrogens is 256 g/mol. The Balaban J connectivity index is 1.77. The Labute approximate surface area is 116 Å². The molecule has 2 aromatic heterocycles. The molecule has 0 unspecified atom stereocenters. The summed E-state index contributed by atoms with van der Waals surface area (Å²) in [5, 5.41) is 13.0. The predicted molar refractivity (Wildman–Crippen MR) is 73.4 cm³/mol. The van der Waals surface area contributed by atoms with Crippen LogP contribution in [-0.2, 0) is 19.4 Å². The Morgan fingerprint density at radius 3 is 2.95 bits per heavy atom. The van der Waals surface area contributed by atoms with E-state index < -0.39 is 0 Å². The molecule has 3 rings (SSSR count). The van der Waals surface area contributed by atoms with Crippen molar-refractivity contribution < 1.29 is 4.79 Å². The highest BCUT2D eigenvalue weighted by Crippen LogP contribution is 2.16. The van der Waals surface area contributed by atoms with Crippen molar-refractivity contribution in [2.45, 2.75) is 26.3 Å². The highest BCUT2D eigenvalue weighted by atomic mass is 16.2. The second kappa shape index (κ2) is 5.38. The van der Waals surface area contributed by atoms with Crippen LogP contribution < -0.4 is 10.6 Å². The van der Waals surface area contributed by atoms with Gasteiger partial charge in [0, 0.05) is 37.2 Å². The van der Waals surface area contributed by atoms with Crippen LogP contribution in [0.15, 0.2) is 12.4 Å². The maximum atomic E-state index is 12.2. The van der Waals surface area contributed by atoms with Crippen molar-refractivity contribution in [2.24, 2.45) is 0 Å². The van der Waals surface area contributed by atoms with Crippen LogP contribution in [-0.4, -0.2) is 32.6 Å². The molecule has 20 heavy (non-hydrogen) atoms. The topological polar surface area (TPSA) is 95.6 Å². The standard InChI is InChI=1S/C13H16N6O/c1-2-11-15-5-8(6-16-11)17-13(20)12-9-7-14-4-3-10(9)18-19-12/h5-6,14H,2-4,7H2,1H3,(H,17,20)(H,18,19). The van der Waals surface area contributed by atoms with E-state index in [9.17, 15) is 4.79 Å². The minimum Gasteiger partial charge on any atom is -0.318 e. The third-order valence-electron chi connectivity index (χ3n) is 3.30. The lowest BCUT2D eigenvalue weighted by Gasteiger charge is -2.12. The van der Waals surface area contributed by atoms with Gasteiger partial charge in [-0.25, -0.2) is 9.97 Å². The summed E-state index contributed by atoms with van der Waals surface area (Å²) < 4.78 is 0. The second-order valence-electron chi connectivity index (χ2n) is 4.65. The molecule has 104 valence electrons. The lowest BCUT2D eigenvalue weighted by Crippen LogP contribution is -2.25. The van der Waals surface area contributed by atoms with E-state index in [1.54, 1.807) is 12.4 Å². The van der Waals surface area contributed by atoms with E-state index in [-0.39, 0.29) is 5.91 Å². The Kier molecular flexibility index (Phi) is 3.42. The fourth-order valence-corrected chi connectivity index (χ4v) is 2.21. The lowest BCUT2D eigenvalue weighted by molar-refractivity contribution is 0.102. The maximum absolute atomic E-state index is 12.2. The number of aromatic amines is 1. The van der Waals surface area contributed by atoms with E-state index in [1.807, 2.05) is 6.92 Å². The van der Waals surface area contributed by atoms with Gasteiger partial charge in [0.1, 0.15) is 5.82 Å². The van der Waals surface area contributed by atoms with E-state index in [0.717, 1.165) is 36.5 Å². The van der Waals surface area contributed by atoms with E-state index in [4.69, 9.17) is 0 Å². The average molecular weight is 272 g/mol. The zero-order valence-corrected chi connectivity index (χ0v) is 11.2. The summed E-state index contributed by atoms with van der Waals surface area (Å²) in [5.74, 6) is 0.517. The Hall–Kier alpha value is -2.28. The molecule has 0 radical (unpaired) electrons. The summed E-state index contributed by atoms with van der Waals surface area (Å²) >= 11 is 0. The zero-order valence-electron chi connectivity index (χ0n) is 11.2. The predicted octanol–water partition coefficient (Wildman–Crippen LogP) is 0.660. The van der Waals surface area contributed by atoms with Gasteiger partial charge in [0.15, 0.2) is 5.69 Å². The first-order chi connectivity index (χ1) is 9.78. The molecule has 3 N–H and O–H groups in total. The summed E-state index contributed by atoms with van der Waals surface area (Å²) in [5.41, 5.74) is 2.99. The van der Waals surface area contributed by atoms with Crippen LogP contribution in [0.1, 0.15) is 34.5 Å². The van der Waals surface area contributed by atoms with Gasteiger partial charge in [-0.05, 0) is 0 Å². The summed E-state index contributed by atoms with van der Waals surface area (Å²) in [6.45, 7) is 3.55. The van der Waals surface area contributed by atoms with Crippen LogP contribution in [0.2, 0.25) is 0 Å². The number of nitrogens with zero attached hydrogens (tertiary/aromatic N) is 3. The first kappa shape index (κ1) is 12.7. The molecule has 7 nitrogen and oxygen atoms in total. The first-order valence-corrected chi connectivity index (χ1v) is 6.67. The van der Waals surface area contributed by atoms with Gasteiger partial charge in [-0.15, -0.1) is 0 Å². The van der Waals surface area contributed by atoms with Gasteiger partial charge in [0.25, 0.3) is 5.91 Å². The van der Waals surface area contributed by atoms with Crippen molar-refractivity contribution in [1.29, 1.82) is 0 Å². The van der Waals surface area contributed by atoms with Gasteiger partial charge < -0.3 is 10.6 Å². The molecule has 2 aromatic rings. The molecule has 1 amide bonds. The molecule has 0 spiro atoms. The maximum Gasteiger partial charge on any atom is 0.276 e. The van der Waals surface area contributed by atoms with Gasteiger partial charge >= 0.3 is 0 Å². The van der Waals surface area contributed by atoms with Crippen LogP contribution >= 0.6 is 0 Å². The molecule has 7 heteroatoms. The van der Waals surface area contributed by atoms with Crippen molar-refractivity contribution in [3.05, 3.63) is 35.2 Å². The number of nitrogens with one attached hydrogen (secondary N) is 3. The molecule has 1 aliphatic heterocycles. The number of rotatable bonds is 3. The Morgan fingerprint density at radius 1 is 1.40 bits per heavy atom. The summed E-state index contributed by atoms with van der Waals surface area (Å²) in [6.07, 6.45) is 4.86. The average Bonchev–Trinajstić information content (AvgIpc) is 2.92. The van der Waals surface area contributed by atoms with Crippen molar-refractivity contribution in [2.75, 3.05) is 11.9 Å². The van der Waals surface area contributed by atoms with Crippen molar-refractivity contribution in [3.63, 3.8) is 0 Å². The third-order valence-corrected chi connectivity index (χ3v) is 3.30. The highest BCUT2D eigenvalue weighted by Gasteiger charge is 2.21. The number of aromatic nitrogens is 4. The number of carbonyl (C=O) groups is 1. The molecule has 0 fully saturated rings. The minimum absolute atomic E-state index is 0.237. The normalized spacial score (nSPS) is 13.8. The monoisotopic (exact) mass is 272 g/mol. The molecule has 0 atom stereocenters. The zero-order chi connectivity index (χ0) is 13.9. The van der Waals surface area contributed by atoms with Crippen LogP contribution in [0.4, 0.5) is 5.69 Å². The fraction of sp³-hybridized carbons (Fsp3) is 0.385. The summed E-state index contributed by atoms with van der Waals surface area (Å²) in [6, 6.07) is 0. The van der Waals surface area contributed by atoms with Crippen LogP contribution in [0.25, 0.3) is 0 Å². The van der Waals surface area contributed by atoms with Gasteiger partial charge in [0.2, 0.25) is 0 Å². The number of hydrogen-bond donors (Lipinski definition) is 3. The first-order valence-electron chi connectivity index (χ1n) is 6.67. The lowest BCUT2D eigenvalue weighted by atomic mass is 10.1. The van der Waals surface area contributed by atoms with Gasteiger partial charge in [0.05, 0.1) is 18.1 Å². The third kappa shape index (κ3) is 2.39. The van der Waals surface area contributed by atoms with E-state index >= 15 is 0 Å². The summed E-state index contributed by atoms with van der Waals surface area (Å²) in [4.78, 5) is 20.5. The Morgan fingerprint density at radius 2 is 2.20 bits per heavy atom. The number of carbonyl (C=O) groups excluding carboxylic acids is 1. The number of H-pyrrole nitrogens is 1. The number of amides is 1. The van der Waals surface area contributed by atoms with Crippen molar-refractivity contribution in [1.82, 2.24) is 25.5 Å². The molecule has 0 saturated carbocycles. The number of hydrogen-bond acceptors (Lipinski definition) is 5. The Bertz CT molecular complexity index is 618. The van der Waals surface area contributed by atoms with Gasteiger partial charge in [-0.1, -0.05) is 6.92 Å². The van der Waals surface area contributed by atoms with Gasteiger partial charge in [-0.3, -0.25) is 9.89 Å². The molecule has 0 aliphatic carbocycles. The smallest absolute Gasteiger partial charge is 0.276 e. The second-order valence-corrected chi connectivity index (χ2v) is 4.65. The fourth-order valence-electron chi connectivity index (χ4n) is 2.21. The molecule has 1 aliphatic rings. The van der Waals surface area contributed by atoms with E-state index in [0.29, 0.717) is 17.9 Å².